The van der Waals surface area contributed by atoms with E-state index < -0.39 is 22.2 Å². The molecule has 0 radical (unpaired) electrons. The number of hydrogen-bond acceptors (Lipinski definition) is 10. The molecule has 3 aromatic heterocycles. The summed E-state index contributed by atoms with van der Waals surface area (Å²) in [5.41, 5.74) is 6.93. The molecular weight excluding hydrogens is 951 g/mol. The zero-order chi connectivity index (χ0) is 52.0. The molecular formula is C56H73N9O6Si2. The Labute approximate surface area is 432 Å². The second-order valence-electron chi connectivity index (χ2n) is 22.5. The van der Waals surface area contributed by atoms with Crippen LogP contribution in [0.3, 0.4) is 0 Å². The van der Waals surface area contributed by atoms with Gasteiger partial charge < -0.3 is 24.3 Å². The van der Waals surface area contributed by atoms with Crippen LogP contribution in [0.5, 0.6) is 0 Å². The molecule has 0 spiro atoms. The van der Waals surface area contributed by atoms with Crippen LogP contribution in [0.15, 0.2) is 48.7 Å². The number of nitrogens with one attached hydrogen (secondary N) is 1. The molecule has 2 aromatic carbocycles. The van der Waals surface area contributed by atoms with Gasteiger partial charge in [-0.05, 0) is 94.5 Å². The number of pyridine rings is 1. The fraction of sp³-hybridized carbons (Fsp3) is 0.518. The maximum atomic E-state index is 13.9. The minimum Gasteiger partial charge on any atom is -0.361 e. The summed E-state index contributed by atoms with van der Waals surface area (Å²) in [5, 5.41) is 20.1. The van der Waals surface area contributed by atoms with E-state index in [2.05, 4.69) is 84.0 Å². The molecule has 386 valence electrons. The van der Waals surface area contributed by atoms with Crippen molar-refractivity contribution in [2.24, 2.45) is 0 Å². The second kappa shape index (κ2) is 23.1. The second-order valence-corrected chi connectivity index (χ2v) is 33.8. The van der Waals surface area contributed by atoms with Gasteiger partial charge in [-0.1, -0.05) is 82.5 Å². The first-order valence-corrected chi connectivity index (χ1v) is 33.7. The Kier molecular flexibility index (Phi) is 16.9. The van der Waals surface area contributed by atoms with Gasteiger partial charge in [-0.15, -0.1) is 0 Å². The fourth-order valence-electron chi connectivity index (χ4n) is 10.2. The van der Waals surface area contributed by atoms with Crippen LogP contribution >= 0.6 is 0 Å². The van der Waals surface area contributed by atoms with E-state index in [0.717, 1.165) is 121 Å². The Morgan fingerprint density at radius 2 is 1.62 bits per heavy atom. The summed E-state index contributed by atoms with van der Waals surface area (Å²) in [5.74, 6) is 5.95. The highest BCUT2D eigenvalue weighted by molar-refractivity contribution is 6.76. The van der Waals surface area contributed by atoms with Gasteiger partial charge in [0.25, 0.3) is 17.7 Å². The van der Waals surface area contributed by atoms with Crippen LogP contribution in [0.25, 0.3) is 21.8 Å². The van der Waals surface area contributed by atoms with E-state index in [1.54, 1.807) is 17.2 Å². The van der Waals surface area contributed by atoms with Crippen molar-refractivity contribution in [2.45, 2.75) is 154 Å². The summed E-state index contributed by atoms with van der Waals surface area (Å²) >= 11 is 0. The van der Waals surface area contributed by atoms with Crippen LogP contribution in [0, 0.1) is 30.1 Å². The molecule has 1 N–H and O–H groups in total. The number of carbonyl (C=O) groups excluding carboxylic acids is 4. The lowest BCUT2D eigenvalue weighted by molar-refractivity contribution is -0.158. The van der Waals surface area contributed by atoms with E-state index in [4.69, 9.17) is 14.6 Å². The molecule has 8 rings (SSSR count). The number of piperidine rings is 1. The van der Waals surface area contributed by atoms with E-state index in [-0.39, 0.29) is 49.4 Å². The van der Waals surface area contributed by atoms with Gasteiger partial charge in [0, 0.05) is 95.0 Å². The molecule has 2 saturated heterocycles. The lowest BCUT2D eigenvalue weighted by Gasteiger charge is -2.35. The monoisotopic (exact) mass is 1020 g/mol. The number of unbranched alkanes of at least 4 members (excludes halogenated alkanes) is 5. The maximum Gasteiger partial charge on any atom is 0.256 e. The molecule has 2 atom stereocenters. The van der Waals surface area contributed by atoms with Crippen LogP contribution < -0.4 is 5.32 Å². The number of anilines is 1. The first-order chi connectivity index (χ1) is 34.9. The van der Waals surface area contributed by atoms with Crippen molar-refractivity contribution in [3.05, 3.63) is 87.9 Å². The molecule has 4 amide bonds. The summed E-state index contributed by atoms with van der Waals surface area (Å²) in [6.07, 6.45) is 9.95. The summed E-state index contributed by atoms with van der Waals surface area (Å²) in [6.45, 7) is 19.1. The smallest absolute Gasteiger partial charge is 0.256 e. The molecule has 1 unspecified atom stereocenters. The van der Waals surface area contributed by atoms with Gasteiger partial charge in [0.1, 0.15) is 31.4 Å². The molecule has 73 heavy (non-hydrogen) atoms. The fourth-order valence-corrected chi connectivity index (χ4v) is 11.7. The lowest BCUT2D eigenvalue weighted by Crippen LogP contribution is -2.55. The largest absolute Gasteiger partial charge is 0.361 e. The SMILES string of the molecule is Cc1nn(CCCCCCCC#Cc2cccc3c2CN(C2CCC(=O)N(COCC[Si](C)(C)C)C2=O)C3=O)c2cc(C(=O)Nc3cc4c(cn3)c(C#N)c([C@H]3CCCN3C)n4COCC[Si](C)(C)C)ccc12. The summed E-state index contributed by atoms with van der Waals surface area (Å²) in [7, 11) is -0.521. The Bertz CT molecular complexity index is 2990. The summed E-state index contributed by atoms with van der Waals surface area (Å²) in [6, 6.07) is 17.0. The molecule has 6 heterocycles. The van der Waals surface area contributed by atoms with Gasteiger partial charge in [-0.25, -0.2) is 4.98 Å². The summed E-state index contributed by atoms with van der Waals surface area (Å²) in [4.78, 5) is 63.5. The molecule has 3 aliphatic rings. The zero-order valence-corrected chi connectivity index (χ0v) is 46.2. The number of fused-ring (bicyclic) bond motifs is 3. The molecule has 0 saturated carbocycles. The predicted molar refractivity (Wildman–Crippen MR) is 290 cm³/mol. The maximum absolute atomic E-state index is 13.9. The number of amides is 4. The van der Waals surface area contributed by atoms with Crippen LogP contribution in [-0.2, 0) is 38.9 Å². The van der Waals surface area contributed by atoms with E-state index in [0.29, 0.717) is 48.9 Å². The zero-order valence-electron chi connectivity index (χ0n) is 44.2. The topological polar surface area (TPSA) is 168 Å². The number of hydrogen-bond donors (Lipinski definition) is 1. The molecule has 15 nitrogen and oxygen atoms in total. The predicted octanol–water partition coefficient (Wildman–Crippen LogP) is 10.1. The van der Waals surface area contributed by atoms with Gasteiger partial charge in [0.15, 0.2) is 0 Å². The third-order valence-corrected chi connectivity index (χ3v) is 18.0. The quantitative estimate of drug-likeness (QED) is 0.0323. The van der Waals surface area contributed by atoms with E-state index >= 15 is 0 Å². The highest BCUT2D eigenvalue weighted by Crippen LogP contribution is 2.38. The Morgan fingerprint density at radius 1 is 0.877 bits per heavy atom. The van der Waals surface area contributed by atoms with Crippen LogP contribution in [0.4, 0.5) is 5.82 Å². The number of nitriles is 1. The van der Waals surface area contributed by atoms with Crippen molar-refractivity contribution in [2.75, 3.05) is 38.9 Å². The first-order valence-electron chi connectivity index (χ1n) is 26.2. The Balaban J connectivity index is 0.831. The van der Waals surface area contributed by atoms with Crippen molar-refractivity contribution < 1.29 is 28.7 Å². The van der Waals surface area contributed by atoms with Gasteiger partial charge in [-0.3, -0.25) is 33.7 Å². The Hall–Kier alpha value is -5.96. The van der Waals surface area contributed by atoms with Crippen molar-refractivity contribution in [3.8, 4) is 17.9 Å². The number of carbonyl (C=O) groups is 4. The van der Waals surface area contributed by atoms with Gasteiger partial charge in [0.05, 0.1) is 34.0 Å². The highest BCUT2D eigenvalue weighted by Gasteiger charge is 2.43. The molecule has 0 bridgehead atoms. The minimum absolute atomic E-state index is 0.0778. The number of aryl methyl sites for hydroxylation is 2. The van der Waals surface area contributed by atoms with E-state index in [1.165, 1.54) is 4.90 Å². The van der Waals surface area contributed by atoms with Gasteiger partial charge in [0.2, 0.25) is 5.91 Å². The number of benzene rings is 2. The van der Waals surface area contributed by atoms with E-state index in [9.17, 15) is 24.4 Å². The van der Waals surface area contributed by atoms with Crippen LogP contribution in [0.2, 0.25) is 51.4 Å². The number of nitrogens with zero attached hydrogens (tertiary/aromatic N) is 8. The highest BCUT2D eigenvalue weighted by atomic mass is 28.3. The molecule has 0 aliphatic carbocycles. The minimum atomic E-state index is -1.33. The first kappa shape index (κ1) is 53.3. The van der Waals surface area contributed by atoms with Crippen molar-refractivity contribution in [3.63, 3.8) is 0 Å². The van der Waals surface area contributed by atoms with Crippen molar-refractivity contribution in [1.29, 1.82) is 5.26 Å². The lowest BCUT2D eigenvalue weighted by atomic mass is 10.0. The number of aromatic nitrogens is 4. The normalized spacial score (nSPS) is 17.4. The van der Waals surface area contributed by atoms with Gasteiger partial charge in [-0.2, -0.15) is 10.4 Å². The van der Waals surface area contributed by atoms with Crippen LogP contribution in [-0.4, -0.2) is 113 Å². The number of imide groups is 1. The Morgan fingerprint density at radius 3 is 2.34 bits per heavy atom. The molecule has 2 fully saturated rings. The van der Waals surface area contributed by atoms with Crippen molar-refractivity contribution >= 4 is 67.4 Å². The molecule has 17 heteroatoms. The average Bonchev–Trinajstić information content (AvgIpc) is 4.09. The third kappa shape index (κ3) is 12.5. The number of ether oxygens (including phenoxy) is 2. The van der Waals surface area contributed by atoms with E-state index in [1.807, 2.05) is 48.0 Å². The molecule has 3 aliphatic heterocycles. The summed E-state index contributed by atoms with van der Waals surface area (Å²) < 4.78 is 16.2. The van der Waals surface area contributed by atoms with Crippen molar-refractivity contribution in [1.82, 2.24) is 34.0 Å². The average molecular weight is 1020 g/mol. The van der Waals surface area contributed by atoms with Gasteiger partial charge >= 0.3 is 0 Å². The standard InChI is InChI=1S/C56H73N9O6Si2/c1-39-42-23-22-41(54(67)59-51-33-49-45(35-58-51)44(34-57)53(47-21-17-26-61(47)2)63(49)37-70-28-30-72(3,4)5)32-50(42)65(60-39)27-15-13-11-9-10-12-14-18-40-19-16-20-43-46(40)36-62(55(43)68)48-24-25-52(66)64(56(48)69)38-71-29-31-73(6,7)8/h16,19-20,22-23,32-33,35,47-48H,9-13,15,17,21,24-31,36-38H2,1-8H3,(H,58,59,67)/t47-,48?/m1/s1. The molecule has 5 aromatic rings. The third-order valence-electron chi connectivity index (χ3n) is 14.6. The van der Waals surface area contributed by atoms with Crippen LogP contribution in [0.1, 0.15) is 119 Å². The number of rotatable bonds is 21. The number of likely N-dealkylation sites (tertiary alicyclic amines) is 2.